The zero-order chi connectivity index (χ0) is 25.5. The Morgan fingerprint density at radius 2 is 1.16 bits per heavy atom. The van der Waals surface area contributed by atoms with Crippen LogP contribution in [0.5, 0.6) is 0 Å². The quantitative estimate of drug-likeness (QED) is 0.195. The van der Waals surface area contributed by atoms with Gasteiger partial charge in [-0.25, -0.2) is 0 Å². The summed E-state index contributed by atoms with van der Waals surface area (Å²) in [5.74, 6) is -0.159. The van der Waals surface area contributed by atoms with Gasteiger partial charge in [0, 0.05) is 11.1 Å². The van der Waals surface area contributed by atoms with Crippen LogP contribution in [0.25, 0.3) is 11.1 Å². The molecular formula is C34H33NO2. The minimum absolute atomic E-state index is 0.159. The Hall–Kier alpha value is -3.98. The Bertz CT molecular complexity index is 1280. The first-order valence-corrected chi connectivity index (χ1v) is 13.1. The van der Waals surface area contributed by atoms with Crippen LogP contribution in [-0.4, -0.2) is 18.8 Å². The van der Waals surface area contributed by atoms with E-state index in [1.807, 2.05) is 42.5 Å². The van der Waals surface area contributed by atoms with Gasteiger partial charge in [-0.05, 0) is 29.5 Å². The minimum atomic E-state index is -0.698. The second-order valence-corrected chi connectivity index (χ2v) is 9.81. The Morgan fingerprint density at radius 3 is 1.68 bits per heavy atom. The van der Waals surface area contributed by atoms with E-state index in [4.69, 9.17) is 9.73 Å². The van der Waals surface area contributed by atoms with E-state index in [2.05, 4.69) is 72.8 Å². The van der Waals surface area contributed by atoms with Crippen LogP contribution in [0.3, 0.4) is 0 Å². The Labute approximate surface area is 219 Å². The highest BCUT2D eigenvalue weighted by Crippen LogP contribution is 2.49. The molecule has 1 aliphatic carbocycles. The highest BCUT2D eigenvalue weighted by molar-refractivity contribution is 6.13. The molecule has 5 rings (SSSR count). The molecule has 0 aromatic heterocycles. The Morgan fingerprint density at radius 1 is 0.676 bits per heavy atom. The van der Waals surface area contributed by atoms with Crippen molar-refractivity contribution in [3.63, 3.8) is 0 Å². The van der Waals surface area contributed by atoms with Gasteiger partial charge in [-0.15, -0.1) is 0 Å². The molecule has 1 unspecified atom stereocenters. The fraction of sp³-hybridized carbons (Fsp3) is 0.235. The van der Waals surface area contributed by atoms with Crippen LogP contribution >= 0.6 is 0 Å². The van der Waals surface area contributed by atoms with Crippen molar-refractivity contribution >= 4 is 11.7 Å². The zero-order valence-corrected chi connectivity index (χ0v) is 21.3. The number of aliphatic imine (C=N–C) groups is 1. The van der Waals surface area contributed by atoms with Crippen molar-refractivity contribution in [1.82, 2.24) is 0 Å². The molecule has 0 saturated heterocycles. The van der Waals surface area contributed by atoms with Gasteiger partial charge in [0.25, 0.3) is 0 Å². The standard InChI is InChI=1S/C34H33NO2/c1-37-33(36)34(24-12-5-13-25-34)32(30-22-20-27(21-23-30)26-14-6-2-7-15-26)35-31(28-16-8-3-9-17-28)29-18-10-4-11-19-29/h2-4,6-11,14-23,32H,5,12-13,24-25H2,1H3. The topological polar surface area (TPSA) is 38.7 Å². The molecule has 0 aliphatic heterocycles. The maximum atomic E-state index is 13.6. The van der Waals surface area contributed by atoms with E-state index in [-0.39, 0.29) is 12.0 Å². The van der Waals surface area contributed by atoms with Gasteiger partial charge in [-0.3, -0.25) is 9.79 Å². The number of carbonyl (C=O) groups excluding carboxylic acids is 1. The van der Waals surface area contributed by atoms with E-state index in [9.17, 15) is 4.79 Å². The van der Waals surface area contributed by atoms with Crippen molar-refractivity contribution in [1.29, 1.82) is 0 Å². The highest BCUT2D eigenvalue weighted by Gasteiger charge is 2.48. The van der Waals surface area contributed by atoms with Crippen LogP contribution in [0, 0.1) is 5.41 Å². The first-order valence-electron chi connectivity index (χ1n) is 13.1. The molecule has 3 nitrogen and oxygen atoms in total. The molecule has 0 heterocycles. The molecule has 3 heteroatoms. The summed E-state index contributed by atoms with van der Waals surface area (Å²) in [6.07, 6.45) is 4.66. The van der Waals surface area contributed by atoms with Gasteiger partial charge < -0.3 is 4.74 Å². The van der Waals surface area contributed by atoms with Crippen LogP contribution in [0.15, 0.2) is 120 Å². The monoisotopic (exact) mass is 487 g/mol. The third-order valence-corrected chi connectivity index (χ3v) is 7.55. The van der Waals surface area contributed by atoms with Crippen molar-refractivity contribution in [3.05, 3.63) is 132 Å². The largest absolute Gasteiger partial charge is 0.469 e. The van der Waals surface area contributed by atoms with Gasteiger partial charge in [-0.1, -0.05) is 135 Å². The van der Waals surface area contributed by atoms with E-state index in [1.54, 1.807) is 0 Å². The number of methoxy groups -OCH3 is 1. The first kappa shape index (κ1) is 24.7. The lowest BCUT2D eigenvalue weighted by atomic mass is 9.67. The average Bonchev–Trinajstić information content (AvgIpc) is 2.99. The number of rotatable bonds is 7. The highest BCUT2D eigenvalue weighted by atomic mass is 16.5. The van der Waals surface area contributed by atoms with Gasteiger partial charge in [0.1, 0.15) is 0 Å². The van der Waals surface area contributed by atoms with Gasteiger partial charge in [0.15, 0.2) is 0 Å². The van der Waals surface area contributed by atoms with Crippen LogP contribution < -0.4 is 0 Å². The molecule has 37 heavy (non-hydrogen) atoms. The number of carbonyl (C=O) groups is 1. The summed E-state index contributed by atoms with van der Waals surface area (Å²) in [5.41, 5.74) is 5.63. The third kappa shape index (κ3) is 5.27. The van der Waals surface area contributed by atoms with Crippen LogP contribution in [-0.2, 0) is 9.53 Å². The summed E-state index contributed by atoms with van der Waals surface area (Å²) in [5, 5.41) is 0. The maximum absolute atomic E-state index is 13.6. The molecule has 1 atom stereocenters. The third-order valence-electron chi connectivity index (χ3n) is 7.55. The van der Waals surface area contributed by atoms with Crippen molar-refractivity contribution < 1.29 is 9.53 Å². The molecule has 1 saturated carbocycles. The molecule has 0 N–H and O–H groups in total. The normalized spacial score (nSPS) is 15.4. The summed E-state index contributed by atoms with van der Waals surface area (Å²) in [6.45, 7) is 0. The van der Waals surface area contributed by atoms with Crippen molar-refractivity contribution in [2.24, 2.45) is 10.4 Å². The number of nitrogens with zero attached hydrogens (tertiary/aromatic N) is 1. The van der Waals surface area contributed by atoms with Crippen LogP contribution in [0.1, 0.15) is 54.8 Å². The lowest BCUT2D eigenvalue weighted by Gasteiger charge is -2.39. The zero-order valence-electron chi connectivity index (χ0n) is 21.3. The number of hydrogen-bond donors (Lipinski definition) is 0. The SMILES string of the molecule is COC(=O)C1(C(N=C(c2ccccc2)c2ccccc2)c2ccc(-c3ccccc3)cc2)CCCCC1. The molecule has 0 amide bonds. The van der Waals surface area contributed by atoms with Crippen molar-refractivity contribution in [2.45, 2.75) is 38.1 Å². The smallest absolute Gasteiger partial charge is 0.314 e. The Balaban J connectivity index is 1.69. The molecule has 1 aliphatic rings. The molecule has 4 aromatic rings. The van der Waals surface area contributed by atoms with Gasteiger partial charge in [0.2, 0.25) is 0 Å². The maximum Gasteiger partial charge on any atom is 0.314 e. The number of esters is 1. The lowest BCUT2D eigenvalue weighted by molar-refractivity contribution is -0.156. The van der Waals surface area contributed by atoms with E-state index in [0.717, 1.165) is 60.1 Å². The first-order chi connectivity index (χ1) is 18.2. The number of benzene rings is 4. The molecule has 186 valence electrons. The van der Waals surface area contributed by atoms with Gasteiger partial charge in [0.05, 0.1) is 24.3 Å². The van der Waals surface area contributed by atoms with Crippen LogP contribution in [0.4, 0.5) is 0 Å². The molecule has 4 aromatic carbocycles. The molecule has 0 spiro atoms. The summed E-state index contributed by atoms with van der Waals surface area (Å²) in [4.78, 5) is 19.0. The van der Waals surface area contributed by atoms with E-state index >= 15 is 0 Å². The minimum Gasteiger partial charge on any atom is -0.469 e. The lowest BCUT2D eigenvalue weighted by Crippen LogP contribution is -2.40. The van der Waals surface area contributed by atoms with Crippen LogP contribution in [0.2, 0.25) is 0 Å². The summed E-state index contributed by atoms with van der Waals surface area (Å²) in [7, 11) is 1.51. The van der Waals surface area contributed by atoms with Gasteiger partial charge >= 0.3 is 5.97 Å². The molecule has 0 bridgehead atoms. The second kappa shape index (κ2) is 11.4. The fourth-order valence-electron chi connectivity index (χ4n) is 5.62. The second-order valence-electron chi connectivity index (χ2n) is 9.81. The van der Waals surface area contributed by atoms with E-state index in [0.29, 0.717) is 0 Å². The predicted molar refractivity (Wildman–Crippen MR) is 151 cm³/mol. The fourth-order valence-corrected chi connectivity index (χ4v) is 5.62. The molecule has 0 radical (unpaired) electrons. The van der Waals surface area contributed by atoms with E-state index < -0.39 is 5.41 Å². The average molecular weight is 488 g/mol. The summed E-state index contributed by atoms with van der Waals surface area (Å²) < 4.78 is 5.47. The number of hydrogen-bond acceptors (Lipinski definition) is 3. The Kier molecular flexibility index (Phi) is 7.60. The molecule has 1 fully saturated rings. The summed E-state index contributed by atoms with van der Waals surface area (Å²) in [6, 6.07) is 39.1. The molecular weight excluding hydrogens is 454 g/mol. The van der Waals surface area contributed by atoms with Crippen molar-refractivity contribution in [3.8, 4) is 11.1 Å². The number of ether oxygens (including phenoxy) is 1. The predicted octanol–water partition coefficient (Wildman–Crippen LogP) is 8.06. The van der Waals surface area contributed by atoms with E-state index in [1.165, 1.54) is 12.7 Å². The van der Waals surface area contributed by atoms with Gasteiger partial charge in [-0.2, -0.15) is 0 Å². The van der Waals surface area contributed by atoms with Crippen molar-refractivity contribution in [2.75, 3.05) is 7.11 Å². The summed E-state index contributed by atoms with van der Waals surface area (Å²) >= 11 is 0.